The summed E-state index contributed by atoms with van der Waals surface area (Å²) in [4.78, 5) is 32.6. The third-order valence-electron chi connectivity index (χ3n) is 4.45. The highest BCUT2D eigenvalue weighted by Gasteiger charge is 2.41. The zero-order valence-electron chi connectivity index (χ0n) is 17.7. The minimum atomic E-state index is -4.83. The lowest BCUT2D eigenvalue weighted by Crippen LogP contribution is -2.54. The Kier molecular flexibility index (Phi) is 6.84. The molecule has 1 aromatic carbocycles. The van der Waals surface area contributed by atoms with E-state index < -0.39 is 47.1 Å². The molecule has 1 aromatic rings. The van der Waals surface area contributed by atoms with Crippen LogP contribution < -0.4 is 0 Å². The van der Waals surface area contributed by atoms with Crippen LogP contribution in [0.5, 0.6) is 0 Å². The number of sulfone groups is 1. The van der Waals surface area contributed by atoms with E-state index in [1.807, 2.05) is 11.9 Å². The van der Waals surface area contributed by atoms with Crippen molar-refractivity contribution in [2.45, 2.75) is 30.6 Å². The van der Waals surface area contributed by atoms with Crippen molar-refractivity contribution < 1.29 is 31.3 Å². The van der Waals surface area contributed by atoms with E-state index in [0.29, 0.717) is 13.1 Å². The van der Waals surface area contributed by atoms with Crippen LogP contribution >= 0.6 is 0 Å². The normalized spacial score (nSPS) is 16.2. The van der Waals surface area contributed by atoms with Crippen molar-refractivity contribution in [2.24, 2.45) is 5.41 Å². The Morgan fingerprint density at radius 3 is 1.93 bits per heavy atom. The zero-order chi connectivity index (χ0) is 22.9. The lowest BCUT2D eigenvalue weighted by atomic mass is 9.98. The minimum absolute atomic E-state index is 0.00984. The summed E-state index contributed by atoms with van der Waals surface area (Å²) in [5.41, 5.74) is -1.10. The molecule has 0 spiro atoms. The molecule has 1 saturated heterocycles. The first kappa shape index (κ1) is 24.1. The maximum atomic E-state index is 13.3. The maximum Gasteiger partial charge on any atom is 0.368 e. The number of hydrogen-bond acceptors (Lipinski definition) is 8. The number of nitrogens with zero attached hydrogens (tertiary/aromatic N) is 3. The predicted octanol–water partition coefficient (Wildman–Crippen LogP) is 0.952. The van der Waals surface area contributed by atoms with Crippen LogP contribution in [0.4, 0.5) is 4.79 Å². The number of carbonyl (C=O) groups is 2. The second-order valence-electron chi connectivity index (χ2n) is 8.15. The van der Waals surface area contributed by atoms with Crippen molar-refractivity contribution in [3.05, 3.63) is 24.3 Å². The quantitative estimate of drug-likeness (QED) is 0.610. The Morgan fingerprint density at radius 1 is 0.967 bits per heavy atom. The molecule has 168 valence electrons. The summed E-state index contributed by atoms with van der Waals surface area (Å²) in [6, 6.07) is 3.81. The number of benzene rings is 1. The molecule has 2 rings (SSSR count). The molecule has 1 heterocycles. The molecule has 0 saturated carbocycles. The summed E-state index contributed by atoms with van der Waals surface area (Å²) in [7, 11) is -6.91. The third kappa shape index (κ3) is 5.29. The van der Waals surface area contributed by atoms with Gasteiger partial charge in [-0.3, -0.25) is 0 Å². The fourth-order valence-electron chi connectivity index (χ4n) is 2.58. The topological polar surface area (TPSA) is 121 Å². The fraction of sp³-hybridized carbons (Fsp3) is 0.556. The maximum absolute atomic E-state index is 13.3. The number of likely N-dealkylation sites (N-methyl/N-ethyl adjacent to an activating group) is 1. The number of hydrogen-bond donors (Lipinski definition) is 0. The molecule has 0 atom stereocenters. The fourth-order valence-corrected chi connectivity index (χ4v) is 5.34. The van der Waals surface area contributed by atoms with Gasteiger partial charge in [-0.1, -0.05) is 12.1 Å². The summed E-state index contributed by atoms with van der Waals surface area (Å²) >= 11 is 0. The first-order valence-corrected chi connectivity index (χ1v) is 12.5. The molecule has 1 fully saturated rings. The number of piperazine rings is 1. The molecule has 1 aliphatic heterocycles. The summed E-state index contributed by atoms with van der Waals surface area (Å²) in [5, 5.41) is 0. The van der Waals surface area contributed by atoms with Crippen LogP contribution in [0, 0.1) is 5.41 Å². The standard InChI is InChI=1S/C18H27N3O7S2/c1-18(2,3)16(22)28-21(17(23)20-12-10-19(4)11-13-20)30(26,27)15-9-7-6-8-14(15)29(5,24)25/h6-9H,10-13H2,1-5H3. The van der Waals surface area contributed by atoms with E-state index in [0.717, 1.165) is 18.4 Å². The number of hydroxylamine groups is 1. The van der Waals surface area contributed by atoms with Crippen LogP contribution in [0.2, 0.25) is 0 Å². The van der Waals surface area contributed by atoms with Gasteiger partial charge in [0.05, 0.1) is 10.3 Å². The van der Waals surface area contributed by atoms with Gasteiger partial charge in [-0.25, -0.2) is 18.0 Å². The number of carbonyl (C=O) groups excluding carboxylic acids is 2. The molecule has 0 radical (unpaired) electrons. The Hall–Kier alpha value is -2.18. The van der Waals surface area contributed by atoms with Crippen LogP contribution in [-0.4, -0.2) is 82.6 Å². The van der Waals surface area contributed by atoms with Gasteiger partial charge in [-0.05, 0) is 44.4 Å². The van der Waals surface area contributed by atoms with Gasteiger partial charge < -0.3 is 14.6 Å². The Labute approximate surface area is 177 Å². The number of urea groups is 1. The van der Waals surface area contributed by atoms with Crippen molar-refractivity contribution in [3.63, 3.8) is 0 Å². The van der Waals surface area contributed by atoms with Gasteiger partial charge in [0.1, 0.15) is 4.90 Å². The smallest absolute Gasteiger partial charge is 0.320 e. The lowest BCUT2D eigenvalue weighted by Gasteiger charge is -2.35. The van der Waals surface area contributed by atoms with Gasteiger partial charge in [-0.15, -0.1) is 0 Å². The van der Waals surface area contributed by atoms with Crippen molar-refractivity contribution >= 4 is 31.9 Å². The first-order valence-electron chi connectivity index (χ1n) is 9.20. The molecule has 10 nitrogen and oxygen atoms in total. The number of amides is 2. The SMILES string of the molecule is CN1CCN(C(=O)N(OC(=O)C(C)(C)C)S(=O)(=O)c2ccccc2S(C)(=O)=O)CC1. The van der Waals surface area contributed by atoms with E-state index in [9.17, 15) is 26.4 Å². The highest BCUT2D eigenvalue weighted by atomic mass is 32.2. The molecular weight excluding hydrogens is 434 g/mol. The third-order valence-corrected chi connectivity index (χ3v) is 7.32. The molecular formula is C18H27N3O7S2. The van der Waals surface area contributed by atoms with Crippen LogP contribution in [0.25, 0.3) is 0 Å². The molecule has 0 aliphatic carbocycles. The van der Waals surface area contributed by atoms with Crippen LogP contribution in [0.1, 0.15) is 20.8 Å². The Morgan fingerprint density at radius 2 is 1.47 bits per heavy atom. The van der Waals surface area contributed by atoms with Crippen molar-refractivity contribution in [1.82, 2.24) is 14.3 Å². The highest BCUT2D eigenvalue weighted by molar-refractivity contribution is 7.93. The molecule has 30 heavy (non-hydrogen) atoms. The van der Waals surface area contributed by atoms with Crippen LogP contribution in [-0.2, 0) is 29.5 Å². The summed E-state index contributed by atoms with van der Waals surface area (Å²) in [5.74, 6) is -0.953. The van der Waals surface area contributed by atoms with Gasteiger partial charge in [0, 0.05) is 32.4 Å². The van der Waals surface area contributed by atoms with Gasteiger partial charge in [-0.2, -0.15) is 8.42 Å². The van der Waals surface area contributed by atoms with Gasteiger partial charge in [0.15, 0.2) is 9.84 Å². The molecule has 1 aliphatic rings. The van der Waals surface area contributed by atoms with Crippen molar-refractivity contribution in [3.8, 4) is 0 Å². The molecule has 0 unspecified atom stereocenters. The Bertz CT molecular complexity index is 1020. The van der Waals surface area contributed by atoms with E-state index in [1.165, 1.54) is 37.8 Å². The second kappa shape index (κ2) is 8.52. The average Bonchev–Trinajstić information content (AvgIpc) is 2.64. The van der Waals surface area contributed by atoms with Crippen molar-refractivity contribution in [1.29, 1.82) is 0 Å². The van der Waals surface area contributed by atoms with Crippen LogP contribution in [0.15, 0.2) is 34.1 Å². The van der Waals surface area contributed by atoms with Crippen LogP contribution in [0.3, 0.4) is 0 Å². The second-order valence-corrected chi connectivity index (χ2v) is 11.9. The van der Waals surface area contributed by atoms with E-state index in [2.05, 4.69) is 0 Å². The molecule has 12 heteroatoms. The van der Waals surface area contributed by atoms with Gasteiger partial charge >= 0.3 is 22.0 Å². The zero-order valence-corrected chi connectivity index (χ0v) is 19.3. The van der Waals surface area contributed by atoms with Gasteiger partial charge in [0.25, 0.3) is 0 Å². The molecule has 0 aromatic heterocycles. The van der Waals surface area contributed by atoms with E-state index in [-0.39, 0.29) is 17.6 Å². The average molecular weight is 462 g/mol. The largest absolute Gasteiger partial charge is 0.368 e. The summed E-state index contributed by atoms with van der Waals surface area (Å²) in [6.45, 7) is 5.98. The molecule has 0 N–H and O–H groups in total. The first-order chi connectivity index (χ1) is 13.7. The minimum Gasteiger partial charge on any atom is -0.320 e. The van der Waals surface area contributed by atoms with E-state index >= 15 is 0 Å². The summed E-state index contributed by atoms with van der Waals surface area (Å²) < 4.78 is 50.9. The van der Waals surface area contributed by atoms with Crippen molar-refractivity contribution in [2.75, 3.05) is 39.5 Å². The summed E-state index contributed by atoms with van der Waals surface area (Å²) in [6.07, 6.45) is 0.856. The van der Waals surface area contributed by atoms with E-state index in [4.69, 9.17) is 4.84 Å². The van der Waals surface area contributed by atoms with Gasteiger partial charge in [0.2, 0.25) is 0 Å². The molecule has 0 bridgehead atoms. The highest BCUT2D eigenvalue weighted by Crippen LogP contribution is 2.27. The number of rotatable bonds is 3. The molecule has 2 amide bonds. The monoisotopic (exact) mass is 461 g/mol. The Balaban J connectivity index is 2.56. The number of sulfonamides is 1. The lowest BCUT2D eigenvalue weighted by molar-refractivity contribution is -0.173. The van der Waals surface area contributed by atoms with E-state index in [1.54, 1.807) is 0 Å². The predicted molar refractivity (Wildman–Crippen MR) is 109 cm³/mol.